The van der Waals surface area contributed by atoms with Crippen molar-refractivity contribution >= 4 is 5.97 Å². The summed E-state index contributed by atoms with van der Waals surface area (Å²) in [6.07, 6.45) is 0.899. The molecule has 0 aliphatic rings. The van der Waals surface area contributed by atoms with Crippen LogP contribution in [0.2, 0.25) is 0 Å². The summed E-state index contributed by atoms with van der Waals surface area (Å²) >= 11 is 0. The van der Waals surface area contributed by atoms with Gasteiger partial charge in [0.25, 0.3) is 0 Å². The minimum absolute atomic E-state index is 0. The van der Waals surface area contributed by atoms with Crippen molar-refractivity contribution in [2.24, 2.45) is 0 Å². The van der Waals surface area contributed by atoms with Crippen molar-refractivity contribution in [3.05, 3.63) is 35.9 Å². The van der Waals surface area contributed by atoms with Gasteiger partial charge in [-0.25, -0.2) is 0 Å². The Bertz CT molecular complexity index is 287. The van der Waals surface area contributed by atoms with Crippen LogP contribution in [0.4, 0.5) is 0 Å². The number of hydrogen-bond acceptors (Lipinski definition) is 3. The van der Waals surface area contributed by atoms with Gasteiger partial charge in [0.2, 0.25) is 0 Å². The minimum Gasteiger partial charge on any atom is -0.549 e. The molecular weight excluding hydrogens is 187 g/mol. The molecule has 0 aliphatic heterocycles. The molecule has 0 amide bonds. The van der Waals surface area contributed by atoms with E-state index in [1.807, 2.05) is 6.07 Å². The second kappa shape index (κ2) is 7.53. The van der Waals surface area contributed by atoms with Crippen molar-refractivity contribution in [2.45, 2.75) is 18.8 Å². The topological polar surface area (TPSA) is 60.4 Å². The van der Waals surface area contributed by atoms with E-state index < -0.39 is 11.9 Å². The zero-order valence-electron chi connectivity index (χ0n) is 8.85. The first-order valence-corrected chi connectivity index (χ1v) is 4.62. The Kier molecular flexibility index (Phi) is 7.15. The maximum absolute atomic E-state index is 10.8. The summed E-state index contributed by atoms with van der Waals surface area (Å²) in [5.74, 6) is -1.69. The van der Waals surface area contributed by atoms with Crippen LogP contribution in [0.1, 0.15) is 24.3 Å². The summed E-state index contributed by atoms with van der Waals surface area (Å²) in [5.41, 5.74) is 0.737. The summed E-state index contributed by atoms with van der Waals surface area (Å²) in [7, 11) is 0. The zero-order valence-corrected chi connectivity index (χ0v) is 8.85. The monoisotopic (exact) mass is 200 g/mol. The molecule has 0 saturated carbocycles. The van der Waals surface area contributed by atoms with Gasteiger partial charge >= 0.3 is 18.9 Å². The van der Waals surface area contributed by atoms with E-state index in [4.69, 9.17) is 5.11 Å². The molecule has 4 heteroatoms. The van der Waals surface area contributed by atoms with Gasteiger partial charge in [-0.3, -0.25) is 0 Å². The molecule has 1 aromatic carbocycles. The number of aliphatic carboxylic acids is 1. The molecule has 0 heterocycles. The van der Waals surface area contributed by atoms with Crippen LogP contribution < -0.4 is 24.0 Å². The van der Waals surface area contributed by atoms with Crippen molar-refractivity contribution in [3.63, 3.8) is 0 Å². The van der Waals surface area contributed by atoms with Crippen LogP contribution in [-0.2, 0) is 4.79 Å². The predicted molar refractivity (Wildman–Crippen MR) is 50.5 cm³/mol. The SMILES string of the molecule is O=C([O-])C(CCCO)c1ccccc1.[Li+]. The van der Waals surface area contributed by atoms with Gasteiger partial charge in [-0.1, -0.05) is 30.3 Å². The fraction of sp³-hybridized carbons (Fsp3) is 0.364. The number of hydrogen-bond donors (Lipinski definition) is 1. The fourth-order valence-corrected chi connectivity index (χ4v) is 1.40. The van der Waals surface area contributed by atoms with Gasteiger partial charge in [-0.15, -0.1) is 0 Å². The first-order chi connectivity index (χ1) is 6.75. The van der Waals surface area contributed by atoms with Gasteiger partial charge in [0.1, 0.15) is 0 Å². The number of benzene rings is 1. The average molecular weight is 200 g/mol. The number of aliphatic hydroxyl groups is 1. The van der Waals surface area contributed by atoms with Crippen LogP contribution in [0.3, 0.4) is 0 Å². The van der Waals surface area contributed by atoms with E-state index in [0.717, 1.165) is 5.56 Å². The molecule has 3 nitrogen and oxygen atoms in total. The zero-order chi connectivity index (χ0) is 10.4. The molecule has 1 N–H and O–H groups in total. The quantitative estimate of drug-likeness (QED) is 0.526. The van der Waals surface area contributed by atoms with Gasteiger partial charge in [-0.05, 0) is 18.4 Å². The number of carbonyl (C=O) groups is 1. The Labute approximate surface area is 101 Å². The minimum atomic E-state index is -1.08. The van der Waals surface area contributed by atoms with E-state index in [2.05, 4.69) is 0 Å². The molecule has 0 saturated heterocycles. The van der Waals surface area contributed by atoms with E-state index in [-0.39, 0.29) is 25.5 Å². The van der Waals surface area contributed by atoms with Crippen LogP contribution in [-0.4, -0.2) is 17.7 Å². The van der Waals surface area contributed by atoms with Gasteiger partial charge in [-0.2, -0.15) is 0 Å². The molecule has 0 aromatic heterocycles. The number of carbonyl (C=O) groups excluding carboxylic acids is 1. The Balaban J connectivity index is 0.00000196. The molecule has 0 aliphatic carbocycles. The van der Waals surface area contributed by atoms with Crippen LogP contribution in [0.15, 0.2) is 30.3 Å². The first kappa shape index (κ1) is 14.2. The predicted octanol–water partition coefficient (Wildman–Crippen LogP) is -2.70. The maximum atomic E-state index is 10.8. The summed E-state index contributed by atoms with van der Waals surface area (Å²) < 4.78 is 0. The summed E-state index contributed by atoms with van der Waals surface area (Å²) in [5, 5.41) is 19.4. The van der Waals surface area contributed by atoms with Crippen LogP contribution in [0.5, 0.6) is 0 Å². The van der Waals surface area contributed by atoms with Gasteiger partial charge in [0, 0.05) is 18.5 Å². The maximum Gasteiger partial charge on any atom is 1.00 e. The molecule has 1 rings (SSSR count). The van der Waals surface area contributed by atoms with E-state index in [1.54, 1.807) is 24.3 Å². The summed E-state index contributed by atoms with van der Waals surface area (Å²) in [6, 6.07) is 8.95. The van der Waals surface area contributed by atoms with Crippen molar-refractivity contribution in [2.75, 3.05) is 6.61 Å². The Morgan fingerprint density at radius 1 is 1.33 bits per heavy atom. The molecule has 0 radical (unpaired) electrons. The first-order valence-electron chi connectivity index (χ1n) is 4.62. The third-order valence-corrected chi connectivity index (χ3v) is 2.14. The standard InChI is InChI=1S/C11H14O3.Li/c12-8-4-7-10(11(13)14)9-5-2-1-3-6-9;/h1-3,5-6,10,12H,4,7-8H2,(H,13,14);/q;+1/p-1. The van der Waals surface area contributed by atoms with E-state index >= 15 is 0 Å². The smallest absolute Gasteiger partial charge is 0.549 e. The number of rotatable bonds is 5. The van der Waals surface area contributed by atoms with Crippen LogP contribution in [0.25, 0.3) is 0 Å². The van der Waals surface area contributed by atoms with Crippen molar-refractivity contribution in [1.29, 1.82) is 0 Å². The number of carboxylic acid groups (broad SMARTS) is 1. The molecule has 1 unspecified atom stereocenters. The molecule has 0 bridgehead atoms. The molecule has 1 atom stereocenters. The summed E-state index contributed by atoms with van der Waals surface area (Å²) in [4.78, 5) is 10.8. The Hall–Kier alpha value is -0.753. The summed E-state index contributed by atoms with van der Waals surface area (Å²) in [6.45, 7) is 0.0105. The molecule has 76 valence electrons. The van der Waals surface area contributed by atoms with Crippen LogP contribution >= 0.6 is 0 Å². The average Bonchev–Trinajstić information content (AvgIpc) is 2.19. The molecule has 1 aromatic rings. The van der Waals surface area contributed by atoms with E-state index in [0.29, 0.717) is 12.8 Å². The third-order valence-electron chi connectivity index (χ3n) is 2.14. The number of carboxylic acids is 1. The van der Waals surface area contributed by atoms with Crippen molar-refractivity contribution < 1.29 is 33.9 Å². The second-order valence-electron chi connectivity index (χ2n) is 3.15. The van der Waals surface area contributed by atoms with Crippen LogP contribution in [0, 0.1) is 0 Å². The fourth-order valence-electron chi connectivity index (χ4n) is 1.40. The second-order valence-corrected chi connectivity index (χ2v) is 3.15. The van der Waals surface area contributed by atoms with Gasteiger partial charge in [0.05, 0.1) is 0 Å². The van der Waals surface area contributed by atoms with E-state index in [9.17, 15) is 9.90 Å². The third kappa shape index (κ3) is 4.52. The van der Waals surface area contributed by atoms with Gasteiger partial charge in [0.15, 0.2) is 0 Å². The van der Waals surface area contributed by atoms with Crippen molar-refractivity contribution in [1.82, 2.24) is 0 Å². The Morgan fingerprint density at radius 2 is 1.93 bits per heavy atom. The largest absolute Gasteiger partial charge is 1.00 e. The molecule has 15 heavy (non-hydrogen) atoms. The molecular formula is C11H13LiO3. The molecule has 0 spiro atoms. The van der Waals surface area contributed by atoms with Crippen molar-refractivity contribution in [3.8, 4) is 0 Å². The van der Waals surface area contributed by atoms with E-state index in [1.165, 1.54) is 0 Å². The van der Waals surface area contributed by atoms with Gasteiger partial charge < -0.3 is 15.0 Å². The Morgan fingerprint density at radius 3 is 2.40 bits per heavy atom. The number of aliphatic hydroxyl groups excluding tert-OH is 1. The normalized spacial score (nSPS) is 11.5. The molecule has 0 fully saturated rings.